The molecule has 5 rings (SSSR count). The first-order chi connectivity index (χ1) is 15.0. The van der Waals surface area contributed by atoms with Crippen molar-refractivity contribution in [2.24, 2.45) is 5.92 Å². The van der Waals surface area contributed by atoms with E-state index in [1.54, 1.807) is 30.7 Å². The van der Waals surface area contributed by atoms with Crippen LogP contribution in [0.5, 0.6) is 0 Å². The highest BCUT2D eigenvalue weighted by atomic mass is 35.5. The molecular weight excluding hydrogens is 416 g/mol. The smallest absolute Gasteiger partial charge is 0.254 e. The zero-order chi connectivity index (χ0) is 21.5. The van der Waals surface area contributed by atoms with Crippen molar-refractivity contribution in [3.05, 3.63) is 53.1 Å². The van der Waals surface area contributed by atoms with Gasteiger partial charge in [-0.05, 0) is 37.3 Å². The van der Waals surface area contributed by atoms with Crippen LogP contribution in [-0.4, -0.2) is 55.6 Å². The van der Waals surface area contributed by atoms with Gasteiger partial charge in [-0.15, -0.1) is 0 Å². The van der Waals surface area contributed by atoms with E-state index in [4.69, 9.17) is 11.6 Å². The molecule has 160 valence electrons. The molecule has 9 heteroatoms. The van der Waals surface area contributed by atoms with Gasteiger partial charge < -0.3 is 10.2 Å². The van der Waals surface area contributed by atoms with E-state index in [-0.39, 0.29) is 23.8 Å². The second kappa shape index (κ2) is 7.92. The van der Waals surface area contributed by atoms with Gasteiger partial charge in [0.05, 0.1) is 28.3 Å². The normalized spacial score (nSPS) is 21.3. The third kappa shape index (κ3) is 3.99. The van der Waals surface area contributed by atoms with Crippen LogP contribution in [0, 0.1) is 5.92 Å². The number of rotatable bonds is 4. The Hall–Kier alpha value is -3.00. The van der Waals surface area contributed by atoms with Crippen molar-refractivity contribution < 1.29 is 9.59 Å². The van der Waals surface area contributed by atoms with Gasteiger partial charge in [-0.25, -0.2) is 0 Å². The largest absolute Gasteiger partial charge is 0.349 e. The molecule has 0 radical (unpaired) electrons. The molecule has 2 fully saturated rings. The van der Waals surface area contributed by atoms with Crippen LogP contribution in [0.2, 0.25) is 5.02 Å². The average molecular weight is 439 g/mol. The number of nitrogens with zero attached hydrogens (tertiary/aromatic N) is 5. The van der Waals surface area contributed by atoms with Crippen LogP contribution < -0.4 is 5.32 Å². The number of nitrogens with one attached hydrogen (secondary N) is 1. The Morgan fingerprint density at radius 1 is 1.13 bits per heavy atom. The van der Waals surface area contributed by atoms with Gasteiger partial charge in [0, 0.05) is 43.3 Å². The Morgan fingerprint density at radius 3 is 2.71 bits per heavy atom. The highest BCUT2D eigenvalue weighted by molar-refractivity contribution is 6.35. The highest BCUT2D eigenvalue weighted by Gasteiger charge is 2.31. The summed E-state index contributed by atoms with van der Waals surface area (Å²) in [5, 5.41) is 7.82. The minimum absolute atomic E-state index is 0.00637. The number of hydrogen-bond donors (Lipinski definition) is 1. The Balaban J connectivity index is 1.24. The van der Waals surface area contributed by atoms with Crippen molar-refractivity contribution >= 4 is 34.4 Å². The summed E-state index contributed by atoms with van der Waals surface area (Å²) in [6.07, 6.45) is 9.55. The number of carbonyl (C=O) groups excluding carboxylic acids is 2. The number of fused-ring (bicyclic) bond motifs is 1. The molecule has 1 aliphatic heterocycles. The SMILES string of the molecule is C[C@H]1CN(C(=O)c2cc(Cl)c3nccnc3c2)CC[C@H]1NC(=O)c1cnn(C2CC2)c1. The topological polar surface area (TPSA) is 93.0 Å². The number of likely N-dealkylation sites (tertiary alicyclic amines) is 1. The molecule has 0 spiro atoms. The first-order valence-electron chi connectivity index (χ1n) is 10.5. The quantitative estimate of drug-likeness (QED) is 0.675. The van der Waals surface area contributed by atoms with Gasteiger partial charge in [0.15, 0.2) is 0 Å². The first-order valence-corrected chi connectivity index (χ1v) is 10.9. The fraction of sp³-hybridized carbons (Fsp3) is 0.409. The number of carbonyl (C=O) groups is 2. The van der Waals surface area contributed by atoms with Crippen molar-refractivity contribution in [1.82, 2.24) is 30.0 Å². The number of hydrogen-bond acceptors (Lipinski definition) is 5. The Bertz CT molecular complexity index is 1160. The maximum Gasteiger partial charge on any atom is 0.254 e. The third-order valence-corrected chi connectivity index (χ3v) is 6.36. The van der Waals surface area contributed by atoms with Crippen LogP contribution in [0.4, 0.5) is 0 Å². The van der Waals surface area contributed by atoms with E-state index < -0.39 is 0 Å². The molecule has 1 N–H and O–H groups in total. The van der Waals surface area contributed by atoms with E-state index in [1.165, 1.54) is 0 Å². The van der Waals surface area contributed by atoms with Crippen molar-refractivity contribution in [1.29, 1.82) is 0 Å². The molecule has 1 aliphatic carbocycles. The molecule has 1 aromatic carbocycles. The Labute approximate surface area is 184 Å². The van der Waals surface area contributed by atoms with Crippen LogP contribution in [-0.2, 0) is 0 Å². The number of piperidine rings is 1. The number of aromatic nitrogens is 4. The van der Waals surface area contributed by atoms with Crippen LogP contribution in [0.25, 0.3) is 11.0 Å². The molecule has 2 aliphatic rings. The maximum atomic E-state index is 13.1. The standard InChI is InChI=1S/C22H23ClN6O2/c1-13-11-28(22(31)14-8-17(23)20-19(9-14)24-5-6-25-20)7-4-18(13)27-21(30)15-10-26-29(12-15)16-2-3-16/h5-6,8-10,12-13,16,18H,2-4,7,11H2,1H3,(H,27,30)/t13-,18+/m0/s1. The summed E-state index contributed by atoms with van der Waals surface area (Å²) in [6.45, 7) is 3.17. The lowest BCUT2D eigenvalue weighted by Crippen LogP contribution is -2.51. The summed E-state index contributed by atoms with van der Waals surface area (Å²) < 4.78 is 1.87. The van der Waals surface area contributed by atoms with Gasteiger partial charge in [-0.1, -0.05) is 18.5 Å². The lowest BCUT2D eigenvalue weighted by Gasteiger charge is -2.37. The highest BCUT2D eigenvalue weighted by Crippen LogP contribution is 2.34. The molecule has 1 saturated heterocycles. The summed E-state index contributed by atoms with van der Waals surface area (Å²) in [4.78, 5) is 36.0. The summed E-state index contributed by atoms with van der Waals surface area (Å²) in [5.41, 5.74) is 2.27. The fourth-order valence-corrected chi connectivity index (χ4v) is 4.39. The molecule has 3 aromatic rings. The molecule has 31 heavy (non-hydrogen) atoms. The second-order valence-electron chi connectivity index (χ2n) is 8.42. The lowest BCUT2D eigenvalue weighted by atomic mass is 9.93. The van der Waals surface area contributed by atoms with E-state index in [0.717, 1.165) is 12.8 Å². The fourth-order valence-electron chi connectivity index (χ4n) is 4.13. The van der Waals surface area contributed by atoms with Crippen LogP contribution in [0.1, 0.15) is 52.9 Å². The molecule has 3 heterocycles. The van der Waals surface area contributed by atoms with Crippen LogP contribution in [0.15, 0.2) is 36.9 Å². The molecule has 2 amide bonds. The molecular formula is C22H23ClN6O2. The predicted molar refractivity (Wildman–Crippen MR) is 116 cm³/mol. The number of halogens is 1. The van der Waals surface area contributed by atoms with Gasteiger partial charge in [-0.3, -0.25) is 24.2 Å². The summed E-state index contributed by atoms with van der Waals surface area (Å²) in [7, 11) is 0. The zero-order valence-corrected chi connectivity index (χ0v) is 17.9. The molecule has 1 saturated carbocycles. The van der Waals surface area contributed by atoms with Crippen LogP contribution >= 0.6 is 11.6 Å². The summed E-state index contributed by atoms with van der Waals surface area (Å²) >= 11 is 6.31. The van der Waals surface area contributed by atoms with Crippen molar-refractivity contribution in [3.8, 4) is 0 Å². The minimum atomic E-state index is -0.108. The van der Waals surface area contributed by atoms with Gasteiger partial charge in [0.2, 0.25) is 0 Å². The van der Waals surface area contributed by atoms with E-state index in [0.29, 0.717) is 52.7 Å². The van der Waals surface area contributed by atoms with E-state index >= 15 is 0 Å². The van der Waals surface area contributed by atoms with Gasteiger partial charge in [-0.2, -0.15) is 5.10 Å². The van der Waals surface area contributed by atoms with Gasteiger partial charge in [0.1, 0.15) is 5.52 Å². The first kappa shape index (κ1) is 19.9. The third-order valence-electron chi connectivity index (χ3n) is 6.07. The monoisotopic (exact) mass is 438 g/mol. The Kier molecular flexibility index (Phi) is 5.09. The van der Waals surface area contributed by atoms with Gasteiger partial charge >= 0.3 is 0 Å². The van der Waals surface area contributed by atoms with Crippen LogP contribution in [0.3, 0.4) is 0 Å². The number of amides is 2. The summed E-state index contributed by atoms with van der Waals surface area (Å²) in [5.74, 6) is -0.0731. The van der Waals surface area contributed by atoms with Gasteiger partial charge in [0.25, 0.3) is 11.8 Å². The molecule has 8 nitrogen and oxygen atoms in total. The predicted octanol–water partition coefficient (Wildman–Crippen LogP) is 3.10. The molecule has 0 unspecified atom stereocenters. The second-order valence-corrected chi connectivity index (χ2v) is 8.83. The van der Waals surface area contributed by atoms with E-state index in [1.807, 2.05) is 15.8 Å². The maximum absolute atomic E-state index is 13.1. The average Bonchev–Trinajstić information content (AvgIpc) is 3.50. The minimum Gasteiger partial charge on any atom is -0.349 e. The summed E-state index contributed by atoms with van der Waals surface area (Å²) in [6, 6.07) is 3.83. The molecule has 0 bridgehead atoms. The van der Waals surface area contributed by atoms with Crippen molar-refractivity contribution in [2.75, 3.05) is 13.1 Å². The molecule has 2 atom stereocenters. The van der Waals surface area contributed by atoms with Crippen molar-refractivity contribution in [3.63, 3.8) is 0 Å². The number of benzene rings is 1. The van der Waals surface area contributed by atoms with E-state index in [2.05, 4.69) is 27.3 Å². The lowest BCUT2D eigenvalue weighted by molar-refractivity contribution is 0.0633. The zero-order valence-electron chi connectivity index (χ0n) is 17.2. The van der Waals surface area contributed by atoms with Crippen molar-refractivity contribution in [2.45, 2.75) is 38.3 Å². The molecule has 2 aromatic heterocycles. The Morgan fingerprint density at radius 2 is 1.94 bits per heavy atom. The van der Waals surface area contributed by atoms with E-state index in [9.17, 15) is 9.59 Å².